The molecule has 2 N–H and O–H groups in total. The second-order valence-electron chi connectivity index (χ2n) is 8.44. The summed E-state index contributed by atoms with van der Waals surface area (Å²) in [5.41, 5.74) is 2.64. The van der Waals surface area contributed by atoms with Crippen LogP contribution in [-0.4, -0.2) is 53.4 Å². The molecule has 1 saturated heterocycles. The molecule has 0 radical (unpaired) electrons. The van der Waals surface area contributed by atoms with E-state index in [-0.39, 0.29) is 28.4 Å². The van der Waals surface area contributed by atoms with Crippen LogP contribution in [0.3, 0.4) is 0 Å². The van der Waals surface area contributed by atoms with Gasteiger partial charge in [0.1, 0.15) is 0 Å². The van der Waals surface area contributed by atoms with Crippen molar-refractivity contribution in [1.29, 1.82) is 0 Å². The molecule has 0 spiro atoms. The summed E-state index contributed by atoms with van der Waals surface area (Å²) in [6.07, 6.45) is 0. The van der Waals surface area contributed by atoms with Crippen molar-refractivity contribution in [2.24, 2.45) is 0 Å². The van der Waals surface area contributed by atoms with E-state index in [9.17, 15) is 21.6 Å². The molecule has 9 nitrogen and oxygen atoms in total. The van der Waals surface area contributed by atoms with Gasteiger partial charge < -0.3 is 10.1 Å². The Hall–Kier alpha value is -3.25. The molecule has 0 bridgehead atoms. The summed E-state index contributed by atoms with van der Waals surface area (Å²) in [7, 11) is -7.56. The smallest absolute Gasteiger partial charge is 0.261 e. The fraction of sp³-hybridized carbons (Fsp3) is 0.240. The Kier molecular flexibility index (Phi) is 7.46. The lowest BCUT2D eigenvalue weighted by molar-refractivity contribution is 0.0730. The van der Waals surface area contributed by atoms with E-state index >= 15 is 0 Å². The summed E-state index contributed by atoms with van der Waals surface area (Å²) in [6, 6.07) is 17.1. The SMILES string of the molecule is Cc1ccc(NS(=O)(=O)c2ccc(NC(=O)c3cc(S(=O)(=O)N4CCOCC4)ccc3C)cc2)cc1. The van der Waals surface area contributed by atoms with Gasteiger partial charge >= 0.3 is 0 Å². The summed E-state index contributed by atoms with van der Waals surface area (Å²) in [5, 5.41) is 2.71. The highest BCUT2D eigenvalue weighted by atomic mass is 32.2. The minimum Gasteiger partial charge on any atom is -0.379 e. The zero-order valence-corrected chi connectivity index (χ0v) is 21.5. The quantitative estimate of drug-likeness (QED) is 0.484. The molecule has 0 aromatic heterocycles. The molecule has 1 heterocycles. The van der Waals surface area contributed by atoms with Crippen molar-refractivity contribution in [3.63, 3.8) is 0 Å². The van der Waals surface area contributed by atoms with Gasteiger partial charge in [-0.15, -0.1) is 0 Å². The fourth-order valence-corrected chi connectivity index (χ4v) is 6.19. The molecule has 0 atom stereocenters. The Labute approximate surface area is 211 Å². The zero-order valence-electron chi connectivity index (χ0n) is 19.9. The molecule has 190 valence electrons. The van der Waals surface area contributed by atoms with E-state index in [0.717, 1.165) is 5.56 Å². The number of carbonyl (C=O) groups is 1. The molecule has 3 aromatic carbocycles. The summed E-state index contributed by atoms with van der Waals surface area (Å²) >= 11 is 0. The maximum absolute atomic E-state index is 13.0. The average Bonchev–Trinajstić information content (AvgIpc) is 2.86. The first-order valence-corrected chi connectivity index (χ1v) is 14.2. The summed E-state index contributed by atoms with van der Waals surface area (Å²) in [5.74, 6) is -0.500. The second-order valence-corrected chi connectivity index (χ2v) is 12.1. The van der Waals surface area contributed by atoms with E-state index in [1.165, 1.54) is 40.7 Å². The second kappa shape index (κ2) is 10.4. The lowest BCUT2D eigenvalue weighted by Crippen LogP contribution is -2.40. The maximum Gasteiger partial charge on any atom is 0.261 e. The third-order valence-corrected chi connectivity index (χ3v) is 9.08. The summed E-state index contributed by atoms with van der Waals surface area (Å²) < 4.78 is 60.4. The molecule has 3 aromatic rings. The third kappa shape index (κ3) is 5.76. The summed E-state index contributed by atoms with van der Waals surface area (Å²) in [6.45, 7) is 4.78. The first kappa shape index (κ1) is 25.8. The van der Waals surface area contributed by atoms with Crippen molar-refractivity contribution in [2.75, 3.05) is 36.3 Å². The Balaban J connectivity index is 1.49. The standard InChI is InChI=1S/C25H27N3O6S2/c1-18-3-6-21(7-4-18)27-35(30,31)22-11-8-20(9-12-22)26-25(29)24-17-23(10-5-19(24)2)36(32,33)28-13-15-34-16-14-28/h3-12,17,27H,13-16H2,1-2H3,(H,26,29). The Morgan fingerprint density at radius 2 is 1.39 bits per heavy atom. The molecule has 1 aliphatic rings. The third-order valence-electron chi connectivity index (χ3n) is 5.79. The van der Waals surface area contributed by atoms with E-state index in [0.29, 0.717) is 30.2 Å². The van der Waals surface area contributed by atoms with Crippen LogP contribution in [0.5, 0.6) is 0 Å². The predicted molar refractivity (Wildman–Crippen MR) is 137 cm³/mol. The number of hydrogen-bond donors (Lipinski definition) is 2. The van der Waals surface area contributed by atoms with Gasteiger partial charge in [-0.25, -0.2) is 16.8 Å². The zero-order chi connectivity index (χ0) is 25.9. The Bertz CT molecular complexity index is 1460. The van der Waals surface area contributed by atoms with Crippen molar-refractivity contribution in [2.45, 2.75) is 23.6 Å². The van der Waals surface area contributed by atoms with E-state index in [1.807, 2.05) is 6.92 Å². The molecule has 36 heavy (non-hydrogen) atoms. The largest absolute Gasteiger partial charge is 0.379 e. The van der Waals surface area contributed by atoms with Gasteiger partial charge in [0.05, 0.1) is 23.0 Å². The van der Waals surface area contributed by atoms with Crippen molar-refractivity contribution in [3.8, 4) is 0 Å². The van der Waals surface area contributed by atoms with Crippen LogP contribution in [0.15, 0.2) is 76.5 Å². The van der Waals surface area contributed by atoms with Gasteiger partial charge in [0.2, 0.25) is 10.0 Å². The fourth-order valence-electron chi connectivity index (χ4n) is 3.69. The topological polar surface area (TPSA) is 122 Å². The number of benzene rings is 3. The van der Waals surface area contributed by atoms with Gasteiger partial charge in [-0.3, -0.25) is 9.52 Å². The molecule has 1 fully saturated rings. The first-order valence-electron chi connectivity index (χ1n) is 11.3. The number of morpholine rings is 1. The highest BCUT2D eigenvalue weighted by Gasteiger charge is 2.27. The predicted octanol–water partition coefficient (Wildman–Crippen LogP) is 3.38. The number of aryl methyl sites for hydroxylation is 2. The molecular weight excluding hydrogens is 502 g/mol. The minimum absolute atomic E-state index is 0.0313. The van der Waals surface area contributed by atoms with Crippen LogP contribution in [0, 0.1) is 13.8 Å². The highest BCUT2D eigenvalue weighted by Crippen LogP contribution is 2.23. The Morgan fingerprint density at radius 1 is 0.806 bits per heavy atom. The number of nitrogens with zero attached hydrogens (tertiary/aromatic N) is 1. The van der Waals surface area contributed by atoms with Crippen molar-refractivity contribution >= 4 is 37.3 Å². The van der Waals surface area contributed by atoms with E-state index in [4.69, 9.17) is 4.74 Å². The molecule has 11 heteroatoms. The molecule has 4 rings (SSSR count). The monoisotopic (exact) mass is 529 g/mol. The number of amides is 1. The molecule has 0 aliphatic carbocycles. The van der Waals surface area contributed by atoms with Gasteiger partial charge in [-0.1, -0.05) is 23.8 Å². The number of anilines is 2. The van der Waals surface area contributed by atoms with Gasteiger partial charge in [-0.05, 0) is 67.9 Å². The van der Waals surface area contributed by atoms with Crippen LogP contribution in [0.1, 0.15) is 21.5 Å². The van der Waals surface area contributed by atoms with Gasteiger partial charge in [0.25, 0.3) is 15.9 Å². The van der Waals surface area contributed by atoms with E-state index in [2.05, 4.69) is 10.0 Å². The van der Waals surface area contributed by atoms with Crippen molar-refractivity contribution in [1.82, 2.24) is 4.31 Å². The van der Waals surface area contributed by atoms with E-state index < -0.39 is 26.0 Å². The van der Waals surface area contributed by atoms with Crippen LogP contribution < -0.4 is 10.0 Å². The lowest BCUT2D eigenvalue weighted by Gasteiger charge is -2.26. The normalized spacial score (nSPS) is 14.8. The van der Waals surface area contributed by atoms with Gasteiger partial charge in [0.15, 0.2) is 0 Å². The van der Waals surface area contributed by atoms with E-state index in [1.54, 1.807) is 37.3 Å². The number of rotatable bonds is 7. The average molecular weight is 530 g/mol. The number of sulfonamides is 2. The number of hydrogen-bond acceptors (Lipinski definition) is 6. The number of ether oxygens (including phenoxy) is 1. The lowest BCUT2D eigenvalue weighted by atomic mass is 10.1. The van der Waals surface area contributed by atoms with Crippen LogP contribution in [0.25, 0.3) is 0 Å². The first-order chi connectivity index (χ1) is 17.1. The molecule has 0 unspecified atom stereocenters. The van der Waals surface area contributed by atoms with Crippen LogP contribution in [0.2, 0.25) is 0 Å². The van der Waals surface area contributed by atoms with Crippen molar-refractivity contribution < 1.29 is 26.4 Å². The van der Waals surface area contributed by atoms with Crippen molar-refractivity contribution in [3.05, 3.63) is 83.4 Å². The number of carbonyl (C=O) groups excluding carboxylic acids is 1. The molecule has 0 saturated carbocycles. The minimum atomic E-state index is -3.81. The van der Waals surface area contributed by atoms with Gasteiger partial charge in [0, 0.05) is 30.0 Å². The Morgan fingerprint density at radius 3 is 2.03 bits per heavy atom. The molecule has 1 aliphatic heterocycles. The molecule has 1 amide bonds. The highest BCUT2D eigenvalue weighted by molar-refractivity contribution is 7.92. The summed E-state index contributed by atoms with van der Waals surface area (Å²) in [4.78, 5) is 13.0. The maximum atomic E-state index is 13.0. The van der Waals surface area contributed by atoms with Gasteiger partial charge in [-0.2, -0.15) is 4.31 Å². The van der Waals surface area contributed by atoms with Crippen LogP contribution >= 0.6 is 0 Å². The number of nitrogens with one attached hydrogen (secondary N) is 2. The van der Waals surface area contributed by atoms with Crippen LogP contribution in [-0.2, 0) is 24.8 Å². The van der Waals surface area contributed by atoms with Crippen LogP contribution in [0.4, 0.5) is 11.4 Å². The molecular formula is C25H27N3O6S2.